The maximum Gasteiger partial charge on any atom is 0.220 e. The number of hydrogen-bond donors (Lipinski definition) is 2. The Labute approximate surface area is 147 Å². The molecule has 0 spiro atoms. The van der Waals surface area contributed by atoms with Crippen molar-refractivity contribution < 1.29 is 9.53 Å². The van der Waals surface area contributed by atoms with Gasteiger partial charge < -0.3 is 15.8 Å². The van der Waals surface area contributed by atoms with Crippen molar-refractivity contribution in [2.75, 3.05) is 39.4 Å². The van der Waals surface area contributed by atoms with Crippen LogP contribution in [0.15, 0.2) is 0 Å². The number of hydrogen-bond acceptors (Lipinski definition) is 4. The van der Waals surface area contributed by atoms with Crippen molar-refractivity contribution >= 4 is 30.7 Å². The predicted molar refractivity (Wildman–Crippen MR) is 96.0 cm³/mol. The first-order valence-corrected chi connectivity index (χ1v) is 8.01. The quantitative estimate of drug-likeness (QED) is 0.660. The number of nitrogens with two attached hydrogens (primary N) is 1. The van der Waals surface area contributed by atoms with E-state index in [1.54, 1.807) is 0 Å². The van der Waals surface area contributed by atoms with Gasteiger partial charge in [-0.3, -0.25) is 9.69 Å². The predicted octanol–water partition coefficient (Wildman–Crippen LogP) is 1.82. The molecule has 1 amide bonds. The second-order valence-electron chi connectivity index (χ2n) is 5.49. The number of nitrogens with one attached hydrogen (secondary N) is 1. The smallest absolute Gasteiger partial charge is 0.220 e. The first-order valence-electron chi connectivity index (χ1n) is 8.01. The van der Waals surface area contributed by atoms with Crippen molar-refractivity contribution in [3.63, 3.8) is 0 Å². The molecular formula is C15H33Cl2N3O2. The third-order valence-electron chi connectivity index (χ3n) is 4.22. The van der Waals surface area contributed by atoms with Crippen molar-refractivity contribution in [1.82, 2.24) is 10.2 Å². The van der Waals surface area contributed by atoms with E-state index in [9.17, 15) is 4.79 Å². The minimum absolute atomic E-state index is 0. The number of carbonyl (C=O) groups excluding carboxylic acids is 1. The van der Waals surface area contributed by atoms with Crippen LogP contribution in [0.25, 0.3) is 0 Å². The Kier molecular flexibility index (Phi) is 16.0. The molecule has 0 aromatic carbocycles. The molecule has 1 unspecified atom stereocenters. The van der Waals surface area contributed by atoms with Crippen molar-refractivity contribution in [3.05, 3.63) is 0 Å². The number of halogens is 2. The second kappa shape index (κ2) is 14.5. The van der Waals surface area contributed by atoms with Crippen LogP contribution in [0.1, 0.15) is 39.5 Å². The fourth-order valence-electron chi connectivity index (χ4n) is 2.91. The van der Waals surface area contributed by atoms with Crippen LogP contribution in [0, 0.1) is 5.92 Å². The third kappa shape index (κ3) is 8.53. The summed E-state index contributed by atoms with van der Waals surface area (Å²) < 4.78 is 5.43. The molecule has 3 N–H and O–H groups in total. The zero-order chi connectivity index (χ0) is 14.8. The largest absolute Gasteiger partial charge is 0.379 e. The molecule has 1 atom stereocenters. The van der Waals surface area contributed by atoms with Gasteiger partial charge in [0.05, 0.1) is 13.2 Å². The van der Waals surface area contributed by atoms with Crippen LogP contribution in [0.2, 0.25) is 0 Å². The SMILES string of the molecule is CCC(CC)C(CNC(=O)CCCN)N1CCOCC1.Cl.Cl. The molecule has 1 fully saturated rings. The van der Waals surface area contributed by atoms with E-state index in [-0.39, 0.29) is 30.7 Å². The van der Waals surface area contributed by atoms with Crippen molar-refractivity contribution in [2.45, 2.75) is 45.6 Å². The number of nitrogens with zero attached hydrogens (tertiary/aromatic N) is 1. The first kappa shape index (κ1) is 24.2. The molecule has 0 aromatic rings. The maximum absolute atomic E-state index is 11.8. The topological polar surface area (TPSA) is 67.6 Å². The van der Waals surface area contributed by atoms with E-state index in [1.165, 1.54) is 0 Å². The summed E-state index contributed by atoms with van der Waals surface area (Å²) in [6.45, 7) is 9.34. The molecule has 1 aliphatic heterocycles. The van der Waals surface area contributed by atoms with Gasteiger partial charge in [0.15, 0.2) is 0 Å². The highest BCUT2D eigenvalue weighted by Gasteiger charge is 2.27. The number of rotatable bonds is 9. The third-order valence-corrected chi connectivity index (χ3v) is 4.22. The molecule has 0 bridgehead atoms. The van der Waals surface area contributed by atoms with Gasteiger partial charge in [0.2, 0.25) is 5.91 Å². The minimum Gasteiger partial charge on any atom is -0.379 e. The first-order chi connectivity index (χ1) is 9.72. The van der Waals surface area contributed by atoms with Gasteiger partial charge in [-0.2, -0.15) is 0 Å². The lowest BCUT2D eigenvalue weighted by Gasteiger charge is -2.38. The molecule has 0 aliphatic carbocycles. The molecule has 7 heteroatoms. The Morgan fingerprint density at radius 3 is 2.32 bits per heavy atom. The standard InChI is InChI=1S/C15H31N3O2.2ClH/c1-3-13(4-2)14(18-8-10-20-11-9-18)12-17-15(19)6-5-7-16;;/h13-14H,3-12,16H2,1-2H3,(H,17,19);2*1H. The van der Waals surface area contributed by atoms with Crippen molar-refractivity contribution in [2.24, 2.45) is 11.7 Å². The van der Waals surface area contributed by atoms with Crippen LogP contribution in [0.4, 0.5) is 0 Å². The van der Waals surface area contributed by atoms with Crippen LogP contribution in [0.5, 0.6) is 0 Å². The van der Waals surface area contributed by atoms with Crippen molar-refractivity contribution in [1.29, 1.82) is 0 Å². The molecule has 134 valence electrons. The molecule has 0 saturated carbocycles. The van der Waals surface area contributed by atoms with Gasteiger partial charge in [0, 0.05) is 32.1 Å². The van der Waals surface area contributed by atoms with Crippen molar-refractivity contribution in [3.8, 4) is 0 Å². The Balaban J connectivity index is 0. The highest BCUT2D eigenvalue weighted by molar-refractivity contribution is 5.85. The lowest BCUT2D eigenvalue weighted by Crippen LogP contribution is -2.52. The molecule has 1 aliphatic rings. The Hall–Kier alpha value is -0.0700. The number of carbonyl (C=O) groups is 1. The van der Waals surface area contributed by atoms with Gasteiger partial charge >= 0.3 is 0 Å². The summed E-state index contributed by atoms with van der Waals surface area (Å²) in [5.74, 6) is 0.752. The van der Waals surface area contributed by atoms with Crippen LogP contribution < -0.4 is 11.1 Å². The Morgan fingerprint density at radius 1 is 1.23 bits per heavy atom. The highest BCUT2D eigenvalue weighted by atomic mass is 35.5. The van der Waals surface area contributed by atoms with E-state index >= 15 is 0 Å². The van der Waals surface area contributed by atoms with Crippen LogP contribution in [-0.4, -0.2) is 56.2 Å². The van der Waals surface area contributed by atoms with Crippen LogP contribution >= 0.6 is 24.8 Å². The summed E-state index contributed by atoms with van der Waals surface area (Å²) in [4.78, 5) is 14.3. The monoisotopic (exact) mass is 357 g/mol. The second-order valence-corrected chi connectivity index (χ2v) is 5.49. The van der Waals surface area contributed by atoms with Gasteiger partial charge in [-0.15, -0.1) is 24.8 Å². The summed E-state index contributed by atoms with van der Waals surface area (Å²) in [7, 11) is 0. The Morgan fingerprint density at radius 2 is 1.82 bits per heavy atom. The molecule has 0 radical (unpaired) electrons. The van der Waals surface area contributed by atoms with E-state index < -0.39 is 0 Å². The maximum atomic E-state index is 11.8. The lowest BCUT2D eigenvalue weighted by atomic mass is 9.92. The summed E-state index contributed by atoms with van der Waals surface area (Å²) >= 11 is 0. The number of amides is 1. The highest BCUT2D eigenvalue weighted by Crippen LogP contribution is 2.19. The Bertz CT molecular complexity index is 274. The van der Waals surface area contributed by atoms with E-state index in [2.05, 4.69) is 24.1 Å². The van der Waals surface area contributed by atoms with E-state index in [1.807, 2.05) is 0 Å². The summed E-state index contributed by atoms with van der Waals surface area (Å²) in [6.07, 6.45) is 3.60. The van der Waals surface area contributed by atoms with E-state index in [4.69, 9.17) is 10.5 Å². The van der Waals surface area contributed by atoms with Gasteiger partial charge in [-0.1, -0.05) is 26.7 Å². The van der Waals surface area contributed by atoms with Crippen LogP contribution in [0.3, 0.4) is 0 Å². The van der Waals surface area contributed by atoms with E-state index in [0.717, 1.165) is 52.1 Å². The summed E-state index contributed by atoms with van der Waals surface area (Å²) in [6, 6.07) is 0.427. The van der Waals surface area contributed by atoms with Crippen LogP contribution in [-0.2, 0) is 9.53 Å². The van der Waals surface area contributed by atoms with Gasteiger partial charge in [0.1, 0.15) is 0 Å². The van der Waals surface area contributed by atoms with Gasteiger partial charge in [-0.05, 0) is 18.9 Å². The molecular weight excluding hydrogens is 325 g/mol. The van der Waals surface area contributed by atoms with Gasteiger partial charge in [0.25, 0.3) is 0 Å². The zero-order valence-electron chi connectivity index (χ0n) is 13.9. The lowest BCUT2D eigenvalue weighted by molar-refractivity contribution is -0.121. The summed E-state index contributed by atoms with van der Waals surface area (Å²) in [5.41, 5.74) is 5.44. The molecule has 1 saturated heterocycles. The molecule has 1 heterocycles. The number of ether oxygens (including phenoxy) is 1. The molecule has 1 rings (SSSR count). The zero-order valence-corrected chi connectivity index (χ0v) is 15.5. The van der Waals surface area contributed by atoms with Gasteiger partial charge in [-0.25, -0.2) is 0 Å². The molecule has 22 heavy (non-hydrogen) atoms. The average Bonchev–Trinajstić information content (AvgIpc) is 2.50. The number of morpholine rings is 1. The fourth-order valence-corrected chi connectivity index (χ4v) is 2.91. The fraction of sp³-hybridized carbons (Fsp3) is 0.933. The molecule has 0 aromatic heterocycles. The normalized spacial score (nSPS) is 16.5. The van der Waals surface area contributed by atoms with E-state index in [0.29, 0.717) is 24.9 Å². The average molecular weight is 358 g/mol. The summed E-state index contributed by atoms with van der Waals surface area (Å²) in [5, 5.41) is 3.09. The minimum atomic E-state index is 0. The molecule has 5 nitrogen and oxygen atoms in total.